The normalized spacial score (nSPS) is 11.4. The monoisotopic (exact) mass is 429 g/mol. The molecule has 0 radical (unpaired) electrons. The summed E-state index contributed by atoms with van der Waals surface area (Å²) in [5.74, 6) is 1.23. The second kappa shape index (κ2) is 8.75. The molecule has 0 spiro atoms. The number of anilines is 1. The van der Waals surface area contributed by atoms with Crippen LogP contribution < -0.4 is 10.1 Å². The van der Waals surface area contributed by atoms with Crippen LogP contribution in [0.2, 0.25) is 0 Å². The van der Waals surface area contributed by atoms with Crippen molar-refractivity contribution in [2.45, 2.75) is 32.8 Å². The molecule has 6 nitrogen and oxygen atoms in total. The minimum atomic E-state index is -0.320. The van der Waals surface area contributed by atoms with Crippen molar-refractivity contribution in [3.05, 3.63) is 101 Å². The van der Waals surface area contributed by atoms with Crippen LogP contribution in [-0.2, 0) is 19.1 Å². The second-order valence-electron chi connectivity index (χ2n) is 8.29. The van der Waals surface area contributed by atoms with Gasteiger partial charge in [0.2, 0.25) is 0 Å². The van der Waals surface area contributed by atoms with E-state index in [9.17, 15) is 4.79 Å². The average Bonchev–Trinajstić information content (AvgIpc) is 3.41. The van der Waals surface area contributed by atoms with Crippen LogP contribution in [0.1, 0.15) is 47.0 Å². The van der Waals surface area contributed by atoms with Gasteiger partial charge in [0.1, 0.15) is 18.1 Å². The van der Waals surface area contributed by atoms with E-state index in [4.69, 9.17) is 9.15 Å². The predicted octanol–water partition coefficient (Wildman–Crippen LogP) is 5.48. The number of aromatic nitrogens is 2. The fourth-order valence-corrected chi connectivity index (χ4v) is 3.53. The third-order valence-electron chi connectivity index (χ3n) is 5.82. The van der Waals surface area contributed by atoms with Crippen LogP contribution in [0, 0.1) is 6.92 Å². The number of benzene rings is 2. The van der Waals surface area contributed by atoms with E-state index in [0.717, 1.165) is 11.4 Å². The Bertz CT molecular complexity index is 1200. The molecule has 0 aliphatic heterocycles. The lowest BCUT2D eigenvalue weighted by atomic mass is 9.78. The number of rotatable bonds is 7. The van der Waals surface area contributed by atoms with Crippen molar-refractivity contribution in [2.75, 3.05) is 5.32 Å². The summed E-state index contributed by atoms with van der Waals surface area (Å²) in [5, 5.41) is 6.93. The van der Waals surface area contributed by atoms with Crippen molar-refractivity contribution in [2.24, 2.45) is 7.05 Å². The fraction of sp³-hybridized carbons (Fsp3) is 0.231. The number of carbonyl (C=O) groups excluding carboxylic acids is 1. The van der Waals surface area contributed by atoms with Gasteiger partial charge in [-0.2, -0.15) is 5.10 Å². The first kappa shape index (κ1) is 21.4. The maximum absolute atomic E-state index is 12.4. The lowest BCUT2D eigenvalue weighted by molar-refractivity contribution is 0.0992. The lowest BCUT2D eigenvalue weighted by Crippen LogP contribution is -2.18. The van der Waals surface area contributed by atoms with Crippen LogP contribution in [-0.4, -0.2) is 15.7 Å². The molecular formula is C26H27N3O3. The lowest BCUT2D eigenvalue weighted by Gasteiger charge is -2.26. The van der Waals surface area contributed by atoms with Gasteiger partial charge >= 0.3 is 0 Å². The summed E-state index contributed by atoms with van der Waals surface area (Å²) in [6.07, 6.45) is 1.61. The first-order valence-electron chi connectivity index (χ1n) is 10.5. The minimum Gasteiger partial charge on any atom is -0.486 e. The van der Waals surface area contributed by atoms with E-state index in [-0.39, 0.29) is 23.7 Å². The van der Waals surface area contributed by atoms with Gasteiger partial charge in [-0.1, -0.05) is 56.3 Å². The van der Waals surface area contributed by atoms with Crippen molar-refractivity contribution in [1.82, 2.24) is 9.78 Å². The first-order valence-corrected chi connectivity index (χ1v) is 10.5. The predicted molar refractivity (Wildman–Crippen MR) is 124 cm³/mol. The largest absolute Gasteiger partial charge is 0.486 e. The molecule has 0 fully saturated rings. The SMILES string of the molecule is Cc1c(NC(=O)c2ccc(COc3ccc(C(C)(C)c4ccccc4)cc3)o2)cnn1C. The van der Waals surface area contributed by atoms with Gasteiger partial charge in [-0.15, -0.1) is 0 Å². The summed E-state index contributed by atoms with van der Waals surface area (Å²) in [6.45, 7) is 6.54. The number of hydrogen-bond acceptors (Lipinski definition) is 4. The maximum atomic E-state index is 12.4. The molecule has 0 aliphatic rings. The summed E-state index contributed by atoms with van der Waals surface area (Å²) >= 11 is 0. The smallest absolute Gasteiger partial charge is 0.291 e. The number of carbonyl (C=O) groups is 1. The number of hydrogen-bond donors (Lipinski definition) is 1. The van der Waals surface area contributed by atoms with Crippen LogP contribution in [0.4, 0.5) is 5.69 Å². The Labute approximate surface area is 187 Å². The maximum Gasteiger partial charge on any atom is 0.291 e. The van der Waals surface area contributed by atoms with E-state index in [2.05, 4.69) is 60.7 Å². The van der Waals surface area contributed by atoms with Gasteiger partial charge < -0.3 is 14.5 Å². The van der Waals surface area contributed by atoms with E-state index in [0.29, 0.717) is 11.4 Å². The van der Waals surface area contributed by atoms with Gasteiger partial charge in [-0.25, -0.2) is 0 Å². The Kier molecular flexibility index (Phi) is 5.86. The molecule has 2 aromatic carbocycles. The highest BCUT2D eigenvalue weighted by molar-refractivity contribution is 6.02. The number of amides is 1. The third-order valence-corrected chi connectivity index (χ3v) is 5.82. The molecule has 4 rings (SSSR count). The zero-order chi connectivity index (χ0) is 22.7. The molecule has 6 heteroatoms. The van der Waals surface area contributed by atoms with Gasteiger partial charge in [0, 0.05) is 12.5 Å². The van der Waals surface area contributed by atoms with Crippen LogP contribution in [0.3, 0.4) is 0 Å². The molecule has 1 amide bonds. The van der Waals surface area contributed by atoms with Crippen molar-refractivity contribution < 1.29 is 13.9 Å². The Balaban J connectivity index is 1.37. The molecule has 0 saturated heterocycles. The highest BCUT2D eigenvalue weighted by atomic mass is 16.5. The number of ether oxygens (including phenoxy) is 1. The quantitative estimate of drug-likeness (QED) is 0.422. The van der Waals surface area contributed by atoms with Crippen LogP contribution >= 0.6 is 0 Å². The average molecular weight is 430 g/mol. The molecule has 2 aromatic heterocycles. The van der Waals surface area contributed by atoms with Gasteiger partial charge in [-0.05, 0) is 42.3 Å². The van der Waals surface area contributed by atoms with E-state index in [1.54, 1.807) is 23.0 Å². The Morgan fingerprint density at radius 1 is 1.03 bits per heavy atom. The molecule has 0 atom stereocenters. The number of furan rings is 1. The summed E-state index contributed by atoms with van der Waals surface area (Å²) in [7, 11) is 1.82. The van der Waals surface area contributed by atoms with Crippen molar-refractivity contribution in [3.8, 4) is 5.75 Å². The Morgan fingerprint density at radius 2 is 1.72 bits per heavy atom. The first-order chi connectivity index (χ1) is 15.3. The van der Waals surface area contributed by atoms with Gasteiger partial charge in [0.15, 0.2) is 5.76 Å². The van der Waals surface area contributed by atoms with Crippen molar-refractivity contribution in [3.63, 3.8) is 0 Å². The molecule has 2 heterocycles. The minimum absolute atomic E-state index is 0.101. The van der Waals surface area contributed by atoms with Crippen molar-refractivity contribution >= 4 is 11.6 Å². The standard InChI is InChI=1S/C26H27N3O3/c1-18-23(16-27-29(18)4)28-25(30)24-15-14-22(32-24)17-31-21-12-10-20(11-13-21)26(2,3)19-8-6-5-7-9-19/h5-16H,17H2,1-4H3,(H,28,30). The molecule has 1 N–H and O–H groups in total. The number of aryl methyl sites for hydroxylation is 1. The Hall–Kier alpha value is -3.80. The zero-order valence-corrected chi connectivity index (χ0v) is 18.8. The highest BCUT2D eigenvalue weighted by Gasteiger charge is 2.22. The van der Waals surface area contributed by atoms with Gasteiger partial charge in [0.25, 0.3) is 5.91 Å². The zero-order valence-electron chi connectivity index (χ0n) is 18.8. The summed E-state index contributed by atoms with van der Waals surface area (Å²) in [5.41, 5.74) is 3.89. The van der Waals surface area contributed by atoms with E-state index >= 15 is 0 Å². The Morgan fingerprint density at radius 3 is 2.38 bits per heavy atom. The number of nitrogens with zero attached hydrogens (tertiary/aromatic N) is 2. The van der Waals surface area contributed by atoms with Gasteiger partial charge in [0.05, 0.1) is 17.6 Å². The van der Waals surface area contributed by atoms with Crippen LogP contribution in [0.25, 0.3) is 0 Å². The van der Waals surface area contributed by atoms with E-state index in [1.807, 2.05) is 32.2 Å². The number of nitrogens with one attached hydrogen (secondary N) is 1. The highest BCUT2D eigenvalue weighted by Crippen LogP contribution is 2.32. The van der Waals surface area contributed by atoms with E-state index < -0.39 is 0 Å². The summed E-state index contributed by atoms with van der Waals surface area (Å²) < 4.78 is 13.2. The topological polar surface area (TPSA) is 69.3 Å². The molecule has 0 bridgehead atoms. The molecule has 0 saturated carbocycles. The van der Waals surface area contributed by atoms with Gasteiger partial charge in [-0.3, -0.25) is 9.48 Å². The summed E-state index contributed by atoms with van der Waals surface area (Å²) in [6, 6.07) is 21.9. The third kappa shape index (κ3) is 4.44. The molecule has 4 aromatic rings. The van der Waals surface area contributed by atoms with Crippen molar-refractivity contribution in [1.29, 1.82) is 0 Å². The second-order valence-corrected chi connectivity index (χ2v) is 8.29. The summed E-state index contributed by atoms with van der Waals surface area (Å²) in [4.78, 5) is 12.4. The molecule has 0 unspecified atom stereocenters. The molecule has 0 aliphatic carbocycles. The molecular weight excluding hydrogens is 402 g/mol. The van der Waals surface area contributed by atoms with E-state index in [1.165, 1.54) is 11.1 Å². The van der Waals surface area contributed by atoms with Crippen LogP contribution in [0.5, 0.6) is 5.75 Å². The fourth-order valence-electron chi connectivity index (χ4n) is 3.53. The van der Waals surface area contributed by atoms with Crippen LogP contribution in [0.15, 0.2) is 77.3 Å². The molecule has 32 heavy (non-hydrogen) atoms. The molecule has 164 valence electrons.